The molecule has 0 atom stereocenters. The molecule has 0 saturated carbocycles. The number of anilines is 1. The summed E-state index contributed by atoms with van der Waals surface area (Å²) >= 11 is 0. The lowest BCUT2D eigenvalue weighted by Gasteiger charge is -2.24. The fourth-order valence-electron chi connectivity index (χ4n) is 4.20. The van der Waals surface area contributed by atoms with Gasteiger partial charge in [-0.25, -0.2) is 9.97 Å². The minimum absolute atomic E-state index is 0.352. The van der Waals surface area contributed by atoms with Crippen molar-refractivity contribution in [2.45, 2.75) is 25.8 Å². The number of nitrogens with one attached hydrogen (secondary N) is 1. The molecular weight excluding hydrogens is 384 g/mol. The van der Waals surface area contributed by atoms with Crippen LogP contribution in [0.2, 0.25) is 0 Å². The monoisotopic (exact) mass is 410 g/mol. The Bertz CT molecular complexity index is 1220. The first-order chi connectivity index (χ1) is 15.2. The molecule has 0 bridgehead atoms. The number of aromatic nitrogens is 3. The van der Waals surface area contributed by atoms with Gasteiger partial charge in [-0.15, -0.1) is 0 Å². The second-order valence-electron chi connectivity index (χ2n) is 8.03. The molecule has 1 fully saturated rings. The molecule has 2 aromatic carbocycles. The van der Waals surface area contributed by atoms with E-state index >= 15 is 0 Å². The Morgan fingerprint density at radius 2 is 1.90 bits per heavy atom. The summed E-state index contributed by atoms with van der Waals surface area (Å²) in [6, 6.07) is 17.3. The average Bonchev–Trinajstić information content (AvgIpc) is 3.21. The molecule has 0 radical (unpaired) electrons. The van der Waals surface area contributed by atoms with Crippen molar-refractivity contribution in [2.75, 3.05) is 18.5 Å². The number of nitrogens with zero attached hydrogens (tertiary/aromatic N) is 3. The molecule has 3 heterocycles. The first-order valence-electron chi connectivity index (χ1n) is 10.7. The van der Waals surface area contributed by atoms with Crippen LogP contribution in [-0.2, 0) is 4.74 Å². The highest BCUT2D eigenvalue weighted by Gasteiger charge is 2.20. The summed E-state index contributed by atoms with van der Waals surface area (Å²) in [5, 5.41) is 4.72. The summed E-state index contributed by atoms with van der Waals surface area (Å²) in [4.78, 5) is 9.34. The fraction of sp³-hybridized carbons (Fsp3) is 0.231. The molecule has 0 amide bonds. The Balaban J connectivity index is 1.69. The van der Waals surface area contributed by atoms with Crippen molar-refractivity contribution in [3.63, 3.8) is 0 Å². The van der Waals surface area contributed by atoms with Gasteiger partial charge in [0.2, 0.25) is 0 Å². The summed E-state index contributed by atoms with van der Waals surface area (Å²) < 4.78 is 7.69. The number of hydrogen-bond donors (Lipinski definition) is 1. The van der Waals surface area contributed by atoms with Crippen LogP contribution < -0.4 is 5.32 Å². The predicted molar refractivity (Wildman–Crippen MR) is 127 cm³/mol. The van der Waals surface area contributed by atoms with Gasteiger partial charge in [-0.05, 0) is 48.6 Å². The number of rotatable bonds is 5. The van der Waals surface area contributed by atoms with Crippen molar-refractivity contribution in [1.29, 1.82) is 0 Å². The minimum Gasteiger partial charge on any atom is -0.381 e. The molecule has 2 aromatic heterocycles. The Morgan fingerprint density at radius 3 is 2.65 bits per heavy atom. The molecule has 0 spiro atoms. The highest BCUT2D eigenvalue weighted by molar-refractivity contribution is 6.02. The highest BCUT2D eigenvalue weighted by Crippen LogP contribution is 2.36. The largest absolute Gasteiger partial charge is 0.381 e. The number of fused-ring (bicyclic) bond motifs is 1. The summed E-state index contributed by atoms with van der Waals surface area (Å²) in [6.45, 7) is 7.55. The molecule has 0 unspecified atom stereocenters. The molecule has 1 N–H and O–H groups in total. The molecule has 31 heavy (non-hydrogen) atoms. The molecule has 1 aliphatic rings. The normalized spacial score (nSPS) is 14.6. The molecule has 5 nitrogen and oxygen atoms in total. The van der Waals surface area contributed by atoms with E-state index in [1.165, 1.54) is 5.56 Å². The Labute approximate surface area is 182 Å². The van der Waals surface area contributed by atoms with Crippen LogP contribution >= 0.6 is 0 Å². The van der Waals surface area contributed by atoms with Crippen LogP contribution in [-0.4, -0.2) is 33.8 Å². The zero-order valence-corrected chi connectivity index (χ0v) is 17.7. The van der Waals surface area contributed by atoms with E-state index in [9.17, 15) is 0 Å². The smallest absolute Gasteiger partial charge is 0.150 e. The van der Waals surface area contributed by atoms with Gasteiger partial charge in [0.25, 0.3) is 0 Å². The van der Waals surface area contributed by atoms with Crippen LogP contribution in [0, 0.1) is 6.92 Å². The van der Waals surface area contributed by atoms with E-state index in [0.717, 1.165) is 65.3 Å². The van der Waals surface area contributed by atoms with Gasteiger partial charge in [-0.3, -0.25) is 0 Å². The van der Waals surface area contributed by atoms with E-state index in [1.54, 1.807) is 6.33 Å². The van der Waals surface area contributed by atoms with Crippen molar-refractivity contribution < 1.29 is 4.74 Å². The standard InChI is InChI=1S/C26H26N4O/c1-3-19-7-9-20(10-8-19)23-16-30(22-6-4-5-18(2)15-22)26-24(23)25(27-17-28-26)29-21-11-13-31-14-12-21/h3-10,15-17,21H,1,11-14H2,2H3,(H,27,28,29). The predicted octanol–water partition coefficient (Wildman–Crippen LogP) is 5.63. The van der Waals surface area contributed by atoms with E-state index in [4.69, 9.17) is 9.72 Å². The Hall–Kier alpha value is -3.44. The Kier molecular flexibility index (Phi) is 5.26. The van der Waals surface area contributed by atoms with E-state index in [-0.39, 0.29) is 0 Å². The molecule has 1 aliphatic heterocycles. The van der Waals surface area contributed by atoms with Crippen LogP contribution in [0.25, 0.3) is 33.9 Å². The van der Waals surface area contributed by atoms with Crippen LogP contribution in [0.4, 0.5) is 5.82 Å². The topological polar surface area (TPSA) is 52.0 Å². The van der Waals surface area contributed by atoms with E-state index in [1.807, 2.05) is 6.08 Å². The molecular formula is C26H26N4O. The molecule has 0 aliphatic carbocycles. The quantitative estimate of drug-likeness (QED) is 0.463. The van der Waals surface area contributed by atoms with Gasteiger partial charge < -0.3 is 14.6 Å². The van der Waals surface area contributed by atoms with Crippen molar-refractivity contribution in [2.24, 2.45) is 0 Å². The zero-order chi connectivity index (χ0) is 21.2. The van der Waals surface area contributed by atoms with Crippen LogP contribution in [0.5, 0.6) is 0 Å². The lowest BCUT2D eigenvalue weighted by Crippen LogP contribution is -2.28. The maximum atomic E-state index is 5.53. The summed E-state index contributed by atoms with van der Waals surface area (Å²) in [5.41, 5.74) is 6.55. The van der Waals surface area contributed by atoms with Gasteiger partial charge in [0.1, 0.15) is 12.1 Å². The van der Waals surface area contributed by atoms with Gasteiger partial charge in [-0.2, -0.15) is 0 Å². The number of hydrogen-bond acceptors (Lipinski definition) is 4. The molecule has 1 saturated heterocycles. The summed E-state index contributed by atoms with van der Waals surface area (Å²) in [7, 11) is 0. The maximum absolute atomic E-state index is 5.53. The molecule has 156 valence electrons. The fourth-order valence-corrected chi connectivity index (χ4v) is 4.20. The summed E-state index contributed by atoms with van der Waals surface area (Å²) in [6.07, 6.45) is 7.65. The third-order valence-corrected chi connectivity index (χ3v) is 5.88. The van der Waals surface area contributed by atoms with Crippen molar-refractivity contribution >= 4 is 22.9 Å². The number of benzene rings is 2. The van der Waals surface area contributed by atoms with Crippen LogP contribution in [0.1, 0.15) is 24.0 Å². The number of aryl methyl sites for hydroxylation is 1. The minimum atomic E-state index is 0.352. The third kappa shape index (κ3) is 3.84. The van der Waals surface area contributed by atoms with E-state index in [2.05, 4.69) is 83.1 Å². The number of ether oxygens (including phenoxy) is 1. The first kappa shape index (κ1) is 19.5. The van der Waals surface area contributed by atoms with Crippen LogP contribution in [0.3, 0.4) is 0 Å². The average molecular weight is 411 g/mol. The van der Waals surface area contributed by atoms with Gasteiger partial charge in [-0.1, -0.05) is 49.1 Å². The van der Waals surface area contributed by atoms with Gasteiger partial charge in [0.15, 0.2) is 5.65 Å². The highest BCUT2D eigenvalue weighted by atomic mass is 16.5. The third-order valence-electron chi connectivity index (χ3n) is 5.88. The zero-order valence-electron chi connectivity index (χ0n) is 17.7. The van der Waals surface area contributed by atoms with Crippen molar-refractivity contribution in [3.05, 3.63) is 78.8 Å². The lowest BCUT2D eigenvalue weighted by atomic mass is 10.0. The molecule has 5 heteroatoms. The summed E-state index contributed by atoms with van der Waals surface area (Å²) in [5.74, 6) is 0.881. The van der Waals surface area contributed by atoms with Crippen LogP contribution in [0.15, 0.2) is 67.6 Å². The SMILES string of the molecule is C=Cc1ccc(-c2cn(-c3cccc(C)c3)c3ncnc(NC4CCOCC4)c23)cc1. The van der Waals surface area contributed by atoms with Crippen molar-refractivity contribution in [3.8, 4) is 16.8 Å². The van der Waals surface area contributed by atoms with Crippen molar-refractivity contribution in [1.82, 2.24) is 14.5 Å². The molecule has 4 aromatic rings. The maximum Gasteiger partial charge on any atom is 0.150 e. The van der Waals surface area contributed by atoms with E-state index < -0.39 is 0 Å². The van der Waals surface area contributed by atoms with Gasteiger partial charge in [0, 0.05) is 36.7 Å². The van der Waals surface area contributed by atoms with Gasteiger partial charge >= 0.3 is 0 Å². The second kappa shape index (κ2) is 8.36. The first-order valence-corrected chi connectivity index (χ1v) is 10.7. The van der Waals surface area contributed by atoms with Gasteiger partial charge in [0.05, 0.1) is 5.39 Å². The second-order valence-corrected chi connectivity index (χ2v) is 8.03. The molecule has 5 rings (SSSR count). The van der Waals surface area contributed by atoms with E-state index in [0.29, 0.717) is 6.04 Å². The Morgan fingerprint density at radius 1 is 1.10 bits per heavy atom. The lowest BCUT2D eigenvalue weighted by molar-refractivity contribution is 0.0904.